The first-order valence-electron chi connectivity index (χ1n) is 8.31. The summed E-state index contributed by atoms with van der Waals surface area (Å²) in [7, 11) is 0. The highest BCUT2D eigenvalue weighted by molar-refractivity contribution is 7.15. The number of rotatable bonds is 6. The zero-order valence-corrected chi connectivity index (χ0v) is 16.4. The number of hydrogen-bond acceptors (Lipinski definition) is 6. The van der Waals surface area contributed by atoms with Crippen molar-refractivity contribution in [3.05, 3.63) is 91.4 Å². The average molecular weight is 425 g/mol. The van der Waals surface area contributed by atoms with E-state index in [0.29, 0.717) is 22.1 Å². The molecule has 0 fully saturated rings. The second-order valence-electron chi connectivity index (χ2n) is 5.91. The molecule has 0 aliphatic heterocycles. The molecule has 29 heavy (non-hydrogen) atoms. The number of anilines is 1. The Morgan fingerprint density at radius 3 is 2.83 bits per heavy atom. The standard InChI is InChI=1S/C20H13ClN4O3S/c21-16-5-1-3-14(8-16)10-18-12-23-20(29-18)24-19(26)15(11-22)7-13-4-2-6-17(9-13)25(27)28/h1-9,12H,10H2,(H,23,24,26)/b15-7+. The number of amides is 1. The minimum absolute atomic E-state index is 0.123. The summed E-state index contributed by atoms with van der Waals surface area (Å²) in [4.78, 5) is 27.8. The molecule has 1 amide bonds. The van der Waals surface area contributed by atoms with Crippen molar-refractivity contribution in [3.63, 3.8) is 0 Å². The molecule has 0 unspecified atom stereocenters. The number of nitrogens with zero attached hydrogens (tertiary/aromatic N) is 3. The Hall–Kier alpha value is -3.54. The van der Waals surface area contributed by atoms with Crippen LogP contribution in [0.25, 0.3) is 6.08 Å². The van der Waals surface area contributed by atoms with Crippen molar-refractivity contribution in [1.29, 1.82) is 5.26 Å². The maximum Gasteiger partial charge on any atom is 0.270 e. The van der Waals surface area contributed by atoms with E-state index in [1.54, 1.807) is 18.3 Å². The van der Waals surface area contributed by atoms with Crippen LogP contribution >= 0.6 is 22.9 Å². The van der Waals surface area contributed by atoms with Crippen LogP contribution < -0.4 is 5.32 Å². The molecule has 3 rings (SSSR count). The van der Waals surface area contributed by atoms with Crippen LogP contribution in [0.15, 0.2) is 60.3 Å². The minimum atomic E-state index is -0.636. The SMILES string of the molecule is N#C/C(=C\c1cccc([N+](=O)[O-])c1)C(=O)Nc1ncc(Cc2cccc(Cl)c2)s1. The summed E-state index contributed by atoms with van der Waals surface area (Å²) < 4.78 is 0. The van der Waals surface area contributed by atoms with E-state index in [9.17, 15) is 20.2 Å². The fourth-order valence-corrected chi connectivity index (χ4v) is 3.56. The highest BCUT2D eigenvalue weighted by Gasteiger charge is 2.13. The highest BCUT2D eigenvalue weighted by Crippen LogP contribution is 2.23. The van der Waals surface area contributed by atoms with Gasteiger partial charge in [0.2, 0.25) is 0 Å². The van der Waals surface area contributed by atoms with E-state index in [1.165, 1.54) is 35.6 Å². The number of nitriles is 1. The molecule has 0 radical (unpaired) electrons. The lowest BCUT2D eigenvalue weighted by Crippen LogP contribution is -2.13. The van der Waals surface area contributed by atoms with E-state index >= 15 is 0 Å². The fraction of sp³-hybridized carbons (Fsp3) is 0.0500. The lowest BCUT2D eigenvalue weighted by molar-refractivity contribution is -0.384. The third-order valence-corrected chi connectivity index (χ3v) is 4.95. The van der Waals surface area contributed by atoms with Crippen LogP contribution in [-0.4, -0.2) is 15.8 Å². The summed E-state index contributed by atoms with van der Waals surface area (Å²) in [6.07, 6.45) is 3.56. The van der Waals surface area contributed by atoms with E-state index in [1.807, 2.05) is 24.3 Å². The van der Waals surface area contributed by atoms with Gasteiger partial charge in [-0.25, -0.2) is 4.98 Å². The van der Waals surface area contributed by atoms with Gasteiger partial charge in [0.25, 0.3) is 11.6 Å². The summed E-state index contributed by atoms with van der Waals surface area (Å²) in [5.74, 6) is -0.636. The highest BCUT2D eigenvalue weighted by atomic mass is 35.5. The van der Waals surface area contributed by atoms with Gasteiger partial charge in [-0.05, 0) is 29.3 Å². The van der Waals surface area contributed by atoms with Crippen LogP contribution in [0, 0.1) is 21.4 Å². The first-order valence-corrected chi connectivity index (χ1v) is 9.51. The second kappa shape index (κ2) is 9.10. The predicted molar refractivity (Wildman–Crippen MR) is 112 cm³/mol. The van der Waals surface area contributed by atoms with Gasteiger partial charge in [0.1, 0.15) is 11.6 Å². The molecule has 2 aromatic carbocycles. The Morgan fingerprint density at radius 2 is 2.10 bits per heavy atom. The first-order chi connectivity index (χ1) is 13.9. The second-order valence-corrected chi connectivity index (χ2v) is 7.47. The molecule has 144 valence electrons. The Kier molecular flexibility index (Phi) is 6.34. The molecule has 1 heterocycles. The summed E-state index contributed by atoms with van der Waals surface area (Å²) in [6.45, 7) is 0. The minimum Gasteiger partial charge on any atom is -0.297 e. The summed E-state index contributed by atoms with van der Waals surface area (Å²) >= 11 is 7.28. The van der Waals surface area contributed by atoms with Gasteiger partial charge in [-0.15, -0.1) is 11.3 Å². The van der Waals surface area contributed by atoms with Gasteiger partial charge in [0.05, 0.1) is 4.92 Å². The summed E-state index contributed by atoms with van der Waals surface area (Å²) in [5.41, 5.74) is 1.09. The molecule has 0 aliphatic carbocycles. The number of thiazole rings is 1. The van der Waals surface area contributed by atoms with Crippen molar-refractivity contribution < 1.29 is 9.72 Å². The molecule has 0 saturated heterocycles. The predicted octanol–water partition coefficient (Wildman–Crippen LogP) is 4.84. The van der Waals surface area contributed by atoms with E-state index in [0.717, 1.165) is 10.4 Å². The quantitative estimate of drug-likeness (QED) is 0.263. The molecule has 7 nitrogen and oxygen atoms in total. The lowest BCUT2D eigenvalue weighted by atomic mass is 10.1. The maximum absolute atomic E-state index is 12.4. The van der Waals surface area contributed by atoms with Crippen molar-refractivity contribution >= 4 is 45.7 Å². The van der Waals surface area contributed by atoms with Crippen molar-refractivity contribution in [3.8, 4) is 6.07 Å². The average Bonchev–Trinajstić information content (AvgIpc) is 3.12. The monoisotopic (exact) mass is 424 g/mol. The van der Waals surface area contributed by atoms with Gasteiger partial charge in [0, 0.05) is 34.7 Å². The molecular formula is C20H13ClN4O3S. The number of carbonyl (C=O) groups is 1. The molecule has 0 bridgehead atoms. The zero-order valence-electron chi connectivity index (χ0n) is 14.8. The molecule has 0 spiro atoms. The molecule has 1 N–H and O–H groups in total. The van der Waals surface area contributed by atoms with Crippen LogP contribution in [0.2, 0.25) is 5.02 Å². The topological polar surface area (TPSA) is 109 Å². The van der Waals surface area contributed by atoms with Crippen LogP contribution in [0.4, 0.5) is 10.8 Å². The molecule has 9 heteroatoms. The number of carbonyl (C=O) groups excluding carboxylic acids is 1. The third-order valence-electron chi connectivity index (χ3n) is 3.80. The summed E-state index contributed by atoms with van der Waals surface area (Å²) in [6, 6.07) is 14.9. The lowest BCUT2D eigenvalue weighted by Gasteiger charge is -2.01. The zero-order chi connectivity index (χ0) is 20.8. The molecule has 1 aromatic heterocycles. The number of aromatic nitrogens is 1. The van der Waals surface area contributed by atoms with E-state index in [4.69, 9.17) is 11.6 Å². The van der Waals surface area contributed by atoms with Gasteiger partial charge in [-0.1, -0.05) is 35.9 Å². The molecule has 3 aromatic rings. The third kappa shape index (κ3) is 5.48. The molecule has 0 aliphatic rings. The van der Waals surface area contributed by atoms with Crippen molar-refractivity contribution in [2.75, 3.05) is 5.32 Å². The van der Waals surface area contributed by atoms with Gasteiger partial charge in [0.15, 0.2) is 5.13 Å². The first kappa shape index (κ1) is 20.2. The van der Waals surface area contributed by atoms with Gasteiger partial charge in [-0.3, -0.25) is 20.2 Å². The Bertz CT molecular complexity index is 1150. The summed E-state index contributed by atoms with van der Waals surface area (Å²) in [5, 5.41) is 23.7. The normalized spacial score (nSPS) is 11.0. The van der Waals surface area contributed by atoms with Crippen LogP contribution in [0.5, 0.6) is 0 Å². The number of halogens is 1. The molecule has 0 saturated carbocycles. The largest absolute Gasteiger partial charge is 0.297 e. The van der Waals surface area contributed by atoms with E-state index in [2.05, 4.69) is 10.3 Å². The number of benzene rings is 2. The maximum atomic E-state index is 12.4. The van der Waals surface area contributed by atoms with Crippen LogP contribution in [0.3, 0.4) is 0 Å². The van der Waals surface area contributed by atoms with E-state index < -0.39 is 10.8 Å². The Labute approximate surface area is 175 Å². The van der Waals surface area contributed by atoms with Gasteiger partial charge < -0.3 is 0 Å². The molecular weight excluding hydrogens is 412 g/mol. The van der Waals surface area contributed by atoms with Crippen molar-refractivity contribution in [2.24, 2.45) is 0 Å². The van der Waals surface area contributed by atoms with Crippen molar-refractivity contribution in [2.45, 2.75) is 6.42 Å². The Morgan fingerprint density at radius 1 is 1.31 bits per heavy atom. The van der Waals surface area contributed by atoms with Crippen LogP contribution in [-0.2, 0) is 11.2 Å². The Balaban J connectivity index is 1.72. The number of nitrogens with one attached hydrogen (secondary N) is 1. The van der Waals surface area contributed by atoms with Crippen molar-refractivity contribution in [1.82, 2.24) is 4.98 Å². The number of nitro groups is 1. The molecule has 0 atom stereocenters. The van der Waals surface area contributed by atoms with Gasteiger partial charge >= 0.3 is 0 Å². The smallest absolute Gasteiger partial charge is 0.270 e. The number of non-ortho nitro benzene ring substituents is 1. The number of hydrogen-bond donors (Lipinski definition) is 1. The van der Waals surface area contributed by atoms with Gasteiger partial charge in [-0.2, -0.15) is 5.26 Å². The van der Waals surface area contributed by atoms with Crippen LogP contribution in [0.1, 0.15) is 16.0 Å². The van der Waals surface area contributed by atoms with E-state index in [-0.39, 0.29) is 11.3 Å². The fourth-order valence-electron chi connectivity index (χ4n) is 2.50. The number of nitro benzene ring substituents is 1.